The minimum absolute atomic E-state index is 0. The maximum Gasteiger partial charge on any atom is 0.314 e. The minimum atomic E-state index is -0.687. The predicted molar refractivity (Wildman–Crippen MR) is 37.9 cm³/mol. The first kappa shape index (κ1) is 13.6. The molecule has 0 rings (SSSR count). The molecule has 0 unspecified atom stereocenters. The van der Waals surface area contributed by atoms with Crippen molar-refractivity contribution in [2.75, 3.05) is 6.61 Å². The van der Waals surface area contributed by atoms with E-state index in [1.54, 1.807) is 6.92 Å². The van der Waals surface area contributed by atoms with Crippen LogP contribution < -0.4 is 0 Å². The van der Waals surface area contributed by atoms with Crippen molar-refractivity contribution in [3.63, 3.8) is 0 Å². The molecule has 0 aliphatic heterocycles. The molecule has 0 fully saturated rings. The Kier molecular flexibility index (Phi) is 11.1. The Morgan fingerprint density at radius 1 is 1.50 bits per heavy atom. The summed E-state index contributed by atoms with van der Waals surface area (Å²) in [5, 5.41) is -0.687. The third kappa shape index (κ3) is 9.07. The Morgan fingerprint density at radius 3 is 2.30 bits per heavy atom. The van der Waals surface area contributed by atoms with Crippen LogP contribution in [0.15, 0.2) is 0 Å². The number of ether oxygens (including phenoxy) is 1. The van der Waals surface area contributed by atoms with Crippen LogP contribution in [0.5, 0.6) is 0 Å². The maximum atomic E-state index is 10.3. The van der Waals surface area contributed by atoms with E-state index < -0.39 is 11.2 Å². The van der Waals surface area contributed by atoms with Crippen molar-refractivity contribution in [2.45, 2.75) is 13.3 Å². The molecule has 0 atom stereocenters. The van der Waals surface area contributed by atoms with Crippen LogP contribution in [0.4, 0.5) is 0 Å². The van der Waals surface area contributed by atoms with Gasteiger partial charge in [0.1, 0.15) is 6.42 Å². The average molecular weight is 190 g/mol. The summed E-state index contributed by atoms with van der Waals surface area (Å²) in [7, 11) is 0. The van der Waals surface area contributed by atoms with Gasteiger partial charge in [0.05, 0.1) is 6.61 Å². The van der Waals surface area contributed by atoms with Gasteiger partial charge in [0.15, 0.2) is 0 Å². The predicted octanol–water partition coefficient (Wildman–Crippen LogP) is 0.324. The summed E-state index contributed by atoms with van der Waals surface area (Å²) in [5.41, 5.74) is 0. The van der Waals surface area contributed by atoms with Crippen LogP contribution in [-0.2, 0) is 14.3 Å². The first-order chi connectivity index (χ1) is 4.16. The molecule has 0 saturated heterocycles. The molecule has 0 aromatic carbocycles. The minimum Gasteiger partial charge on any atom is -0.466 e. The van der Waals surface area contributed by atoms with Gasteiger partial charge in [0.2, 0.25) is 5.24 Å². The van der Waals surface area contributed by atoms with Gasteiger partial charge < -0.3 is 4.74 Å². The molecule has 0 heterocycles. The van der Waals surface area contributed by atoms with E-state index in [0.717, 1.165) is 0 Å². The number of halogens is 1. The first-order valence-electron chi connectivity index (χ1n) is 2.50. The van der Waals surface area contributed by atoms with Gasteiger partial charge in [-0.05, 0) is 18.5 Å². The molecule has 10 heavy (non-hydrogen) atoms. The zero-order chi connectivity index (χ0) is 7.28. The van der Waals surface area contributed by atoms with Crippen molar-refractivity contribution in [1.82, 2.24) is 0 Å². The Balaban J connectivity index is 0. The maximum absolute atomic E-state index is 10.3. The van der Waals surface area contributed by atoms with E-state index in [1.165, 1.54) is 0 Å². The van der Waals surface area contributed by atoms with Gasteiger partial charge in [0.25, 0.3) is 0 Å². The van der Waals surface area contributed by atoms with Crippen molar-refractivity contribution in [2.24, 2.45) is 0 Å². The molecule has 0 amide bonds. The Hall–Kier alpha value is 1.07. The van der Waals surface area contributed by atoms with Crippen LogP contribution in [0.2, 0.25) is 0 Å². The molecule has 0 bridgehead atoms. The summed E-state index contributed by atoms with van der Waals surface area (Å²) in [6.07, 6.45) is -0.338. The Bertz CT molecular complexity index is 126. The average Bonchev–Trinajstić information content (AvgIpc) is 1.63. The van der Waals surface area contributed by atoms with Gasteiger partial charge in [-0.2, -0.15) is 0 Å². The van der Waals surface area contributed by atoms with Gasteiger partial charge in [-0.25, -0.2) is 0 Å². The summed E-state index contributed by atoms with van der Waals surface area (Å²) >= 11 is 4.87. The van der Waals surface area contributed by atoms with Crippen molar-refractivity contribution in [3.8, 4) is 0 Å². The quantitative estimate of drug-likeness (QED) is 0.278. The molecule has 0 aliphatic carbocycles. The zero-order valence-corrected chi connectivity index (χ0v) is 9.90. The Labute approximate surface area is 107 Å². The number of hydrogen-bond donors (Lipinski definition) is 0. The van der Waals surface area contributed by atoms with Crippen molar-refractivity contribution >= 4 is 74.2 Å². The summed E-state index contributed by atoms with van der Waals surface area (Å²) in [6.45, 7) is 1.94. The van der Waals surface area contributed by atoms with E-state index in [1.807, 2.05) is 0 Å². The number of carbonyl (C=O) groups is 2. The molecular formula is C5H7ClKO3. The molecule has 3 nitrogen and oxygen atoms in total. The van der Waals surface area contributed by atoms with Gasteiger partial charge in [0, 0.05) is 51.4 Å². The molecule has 0 aromatic rings. The summed E-state index contributed by atoms with van der Waals surface area (Å²) in [6, 6.07) is 0. The molecule has 0 N–H and O–H groups in total. The monoisotopic (exact) mass is 189 g/mol. The van der Waals surface area contributed by atoms with Crippen molar-refractivity contribution in [1.29, 1.82) is 0 Å². The third-order valence-corrected chi connectivity index (χ3v) is 0.722. The fourth-order valence-electron chi connectivity index (χ4n) is 0.325. The largest absolute Gasteiger partial charge is 0.466 e. The zero-order valence-electron chi connectivity index (χ0n) is 6.02. The van der Waals surface area contributed by atoms with E-state index in [-0.39, 0.29) is 64.4 Å². The summed E-state index contributed by atoms with van der Waals surface area (Å²) < 4.78 is 4.41. The third-order valence-electron chi connectivity index (χ3n) is 0.589. The number of hydrogen-bond acceptors (Lipinski definition) is 3. The van der Waals surface area contributed by atoms with Gasteiger partial charge in [-0.15, -0.1) is 0 Å². The molecule has 1 radical (unpaired) electrons. The Morgan fingerprint density at radius 2 is 2.00 bits per heavy atom. The fraction of sp³-hybridized carbons (Fsp3) is 0.600. The van der Waals surface area contributed by atoms with Crippen LogP contribution >= 0.6 is 11.6 Å². The topological polar surface area (TPSA) is 43.4 Å². The molecular weight excluding hydrogens is 183 g/mol. The van der Waals surface area contributed by atoms with E-state index in [0.29, 0.717) is 0 Å². The standard InChI is InChI=1S/C5H7ClO3.K/c1-2-9-5(8)3-4(6)7;/h2-3H2,1H3;. The van der Waals surface area contributed by atoms with Gasteiger partial charge in [-0.1, -0.05) is 0 Å². The van der Waals surface area contributed by atoms with E-state index in [9.17, 15) is 9.59 Å². The van der Waals surface area contributed by atoms with E-state index in [4.69, 9.17) is 11.6 Å². The summed E-state index contributed by atoms with van der Waals surface area (Å²) in [5.74, 6) is -0.572. The molecule has 53 valence electrons. The molecule has 0 spiro atoms. The normalized spacial score (nSPS) is 7.80. The number of carbonyl (C=O) groups excluding carboxylic acids is 2. The van der Waals surface area contributed by atoms with Crippen LogP contribution in [-0.4, -0.2) is 69.2 Å². The second kappa shape index (κ2) is 8.17. The van der Waals surface area contributed by atoms with Crippen LogP contribution in [0.3, 0.4) is 0 Å². The molecule has 0 saturated carbocycles. The van der Waals surface area contributed by atoms with E-state index >= 15 is 0 Å². The molecule has 5 heteroatoms. The van der Waals surface area contributed by atoms with Crippen molar-refractivity contribution in [3.05, 3.63) is 0 Å². The summed E-state index contributed by atoms with van der Waals surface area (Å²) in [4.78, 5) is 20.3. The van der Waals surface area contributed by atoms with Crippen LogP contribution in [0.25, 0.3) is 0 Å². The number of rotatable bonds is 3. The number of esters is 1. The molecule has 0 aliphatic rings. The smallest absolute Gasteiger partial charge is 0.314 e. The first-order valence-corrected chi connectivity index (χ1v) is 2.88. The second-order valence-electron chi connectivity index (χ2n) is 1.34. The molecule has 0 aromatic heterocycles. The van der Waals surface area contributed by atoms with Crippen LogP contribution in [0, 0.1) is 0 Å². The SMILES string of the molecule is CCOC(=O)CC(=O)Cl.[K]. The van der Waals surface area contributed by atoms with Crippen LogP contribution in [0.1, 0.15) is 13.3 Å². The second-order valence-corrected chi connectivity index (χ2v) is 1.76. The van der Waals surface area contributed by atoms with E-state index in [2.05, 4.69) is 4.74 Å². The van der Waals surface area contributed by atoms with Gasteiger partial charge >= 0.3 is 5.97 Å². The van der Waals surface area contributed by atoms with Crippen molar-refractivity contribution < 1.29 is 14.3 Å². The fourth-order valence-corrected chi connectivity index (χ4v) is 0.435. The van der Waals surface area contributed by atoms with Gasteiger partial charge in [-0.3, -0.25) is 9.59 Å².